The van der Waals surface area contributed by atoms with E-state index in [0.717, 1.165) is 24.4 Å². The van der Waals surface area contributed by atoms with Gasteiger partial charge < -0.3 is 9.30 Å². The van der Waals surface area contributed by atoms with Crippen molar-refractivity contribution in [1.29, 1.82) is 0 Å². The van der Waals surface area contributed by atoms with Crippen molar-refractivity contribution in [3.8, 4) is 0 Å². The molecule has 0 bridgehead atoms. The molecule has 2 aromatic rings. The van der Waals surface area contributed by atoms with Gasteiger partial charge in [0.25, 0.3) is 5.91 Å². The first-order valence-corrected chi connectivity index (χ1v) is 7.28. The molecule has 0 spiro atoms. The van der Waals surface area contributed by atoms with Crippen LogP contribution >= 0.6 is 0 Å². The molecular formula is C16H21N3O. The standard InChI is InChI=1S/C16H21N3O/c1-11-7-12(2)9-18(8-11)16(20)14-10-19-13(3)5-4-6-15(19)17-14/h4-6,10-12H,7-9H2,1-3H3. The Morgan fingerprint density at radius 3 is 2.60 bits per heavy atom. The molecule has 1 fully saturated rings. The smallest absolute Gasteiger partial charge is 0.274 e. The summed E-state index contributed by atoms with van der Waals surface area (Å²) < 4.78 is 1.98. The molecule has 1 aliphatic heterocycles. The van der Waals surface area contributed by atoms with Crippen molar-refractivity contribution in [2.45, 2.75) is 27.2 Å². The van der Waals surface area contributed by atoms with Crippen LogP contribution in [0.1, 0.15) is 36.5 Å². The SMILES string of the molecule is Cc1cccc2nc(C(=O)N3CC(C)CC(C)C3)cn12. The quantitative estimate of drug-likeness (QED) is 0.800. The maximum Gasteiger partial charge on any atom is 0.274 e. The molecule has 1 aliphatic rings. The van der Waals surface area contributed by atoms with Crippen molar-refractivity contribution in [3.63, 3.8) is 0 Å². The van der Waals surface area contributed by atoms with Gasteiger partial charge in [-0.15, -0.1) is 0 Å². The zero-order chi connectivity index (χ0) is 14.3. The molecule has 2 atom stereocenters. The molecule has 20 heavy (non-hydrogen) atoms. The second kappa shape index (κ2) is 4.93. The average molecular weight is 271 g/mol. The average Bonchev–Trinajstić information content (AvgIpc) is 2.82. The molecule has 106 valence electrons. The van der Waals surface area contributed by atoms with E-state index in [1.807, 2.05) is 40.6 Å². The molecule has 3 rings (SSSR count). The molecular weight excluding hydrogens is 250 g/mol. The van der Waals surface area contributed by atoms with E-state index in [1.165, 1.54) is 6.42 Å². The van der Waals surface area contributed by atoms with Gasteiger partial charge in [0.2, 0.25) is 0 Å². The molecule has 0 N–H and O–H groups in total. The Hall–Kier alpha value is -1.84. The van der Waals surface area contributed by atoms with Crippen LogP contribution in [-0.2, 0) is 0 Å². The summed E-state index contributed by atoms with van der Waals surface area (Å²) >= 11 is 0. The van der Waals surface area contributed by atoms with E-state index in [1.54, 1.807) is 0 Å². The number of imidazole rings is 1. The third-order valence-corrected chi connectivity index (χ3v) is 4.07. The van der Waals surface area contributed by atoms with E-state index in [0.29, 0.717) is 17.5 Å². The molecule has 2 unspecified atom stereocenters. The molecule has 4 nitrogen and oxygen atoms in total. The van der Waals surface area contributed by atoms with E-state index in [4.69, 9.17) is 0 Å². The molecule has 1 amide bonds. The lowest BCUT2D eigenvalue weighted by molar-refractivity contribution is 0.0618. The Kier molecular flexibility index (Phi) is 3.24. The van der Waals surface area contributed by atoms with Gasteiger partial charge in [-0.2, -0.15) is 0 Å². The van der Waals surface area contributed by atoms with Crippen LogP contribution in [0.15, 0.2) is 24.4 Å². The minimum Gasteiger partial charge on any atom is -0.337 e. The van der Waals surface area contributed by atoms with E-state index in [2.05, 4.69) is 18.8 Å². The number of carbonyl (C=O) groups excluding carboxylic acids is 1. The highest BCUT2D eigenvalue weighted by molar-refractivity contribution is 5.93. The summed E-state index contributed by atoms with van der Waals surface area (Å²) in [5, 5.41) is 0. The Labute approximate surface area is 119 Å². The van der Waals surface area contributed by atoms with Crippen LogP contribution in [0.2, 0.25) is 0 Å². The minimum atomic E-state index is 0.0616. The number of aryl methyl sites for hydroxylation is 1. The highest BCUT2D eigenvalue weighted by Gasteiger charge is 2.27. The number of rotatable bonds is 1. The molecule has 0 saturated carbocycles. The van der Waals surface area contributed by atoms with E-state index < -0.39 is 0 Å². The van der Waals surface area contributed by atoms with Gasteiger partial charge in [0.15, 0.2) is 0 Å². The van der Waals surface area contributed by atoms with Crippen molar-refractivity contribution in [2.75, 3.05) is 13.1 Å². The third kappa shape index (κ3) is 2.30. The van der Waals surface area contributed by atoms with E-state index >= 15 is 0 Å². The van der Waals surface area contributed by atoms with Gasteiger partial charge in [0.1, 0.15) is 11.3 Å². The van der Waals surface area contributed by atoms with Gasteiger partial charge in [0, 0.05) is 25.0 Å². The summed E-state index contributed by atoms with van der Waals surface area (Å²) in [5.41, 5.74) is 2.49. The van der Waals surface area contributed by atoms with Gasteiger partial charge in [0.05, 0.1) is 0 Å². The molecule has 0 aromatic carbocycles. The largest absolute Gasteiger partial charge is 0.337 e. The minimum absolute atomic E-state index is 0.0616. The van der Waals surface area contributed by atoms with E-state index in [-0.39, 0.29) is 5.91 Å². The second-order valence-electron chi connectivity index (χ2n) is 6.18. The Morgan fingerprint density at radius 1 is 1.25 bits per heavy atom. The van der Waals surface area contributed by atoms with Crippen LogP contribution in [0.25, 0.3) is 5.65 Å². The predicted octanol–water partition coefficient (Wildman–Crippen LogP) is 2.76. The van der Waals surface area contributed by atoms with Crippen LogP contribution in [0, 0.1) is 18.8 Å². The fourth-order valence-corrected chi connectivity index (χ4v) is 3.24. The lowest BCUT2D eigenvalue weighted by atomic mass is 9.92. The number of carbonyl (C=O) groups is 1. The fourth-order valence-electron chi connectivity index (χ4n) is 3.24. The van der Waals surface area contributed by atoms with Gasteiger partial charge in [-0.05, 0) is 37.3 Å². The maximum atomic E-state index is 12.6. The number of nitrogens with zero attached hydrogens (tertiary/aromatic N) is 3. The molecule has 3 heterocycles. The van der Waals surface area contributed by atoms with Gasteiger partial charge >= 0.3 is 0 Å². The summed E-state index contributed by atoms with van der Waals surface area (Å²) in [7, 11) is 0. The number of fused-ring (bicyclic) bond motifs is 1. The Balaban J connectivity index is 1.90. The summed E-state index contributed by atoms with van der Waals surface area (Å²) in [6.07, 6.45) is 3.06. The van der Waals surface area contributed by atoms with E-state index in [9.17, 15) is 4.79 Å². The number of piperidine rings is 1. The second-order valence-corrected chi connectivity index (χ2v) is 6.18. The van der Waals surface area contributed by atoms with Gasteiger partial charge in [-0.3, -0.25) is 4.79 Å². The normalized spacial score (nSPS) is 23.2. The Bertz CT molecular complexity index is 636. The summed E-state index contributed by atoms with van der Waals surface area (Å²) in [6.45, 7) is 8.13. The number of hydrogen-bond donors (Lipinski definition) is 0. The van der Waals surface area contributed by atoms with Crippen LogP contribution in [-0.4, -0.2) is 33.3 Å². The monoisotopic (exact) mass is 271 g/mol. The predicted molar refractivity (Wildman–Crippen MR) is 78.8 cm³/mol. The molecule has 0 aliphatic carbocycles. The van der Waals surface area contributed by atoms with Crippen molar-refractivity contribution in [1.82, 2.24) is 14.3 Å². The molecule has 1 saturated heterocycles. The van der Waals surface area contributed by atoms with Crippen molar-refractivity contribution < 1.29 is 4.79 Å². The Morgan fingerprint density at radius 2 is 1.95 bits per heavy atom. The van der Waals surface area contributed by atoms with Gasteiger partial charge in [-0.1, -0.05) is 19.9 Å². The van der Waals surface area contributed by atoms with Crippen LogP contribution < -0.4 is 0 Å². The highest BCUT2D eigenvalue weighted by atomic mass is 16.2. The van der Waals surface area contributed by atoms with Gasteiger partial charge in [-0.25, -0.2) is 4.98 Å². The zero-order valence-electron chi connectivity index (χ0n) is 12.3. The first kappa shape index (κ1) is 13.2. The van der Waals surface area contributed by atoms with Crippen LogP contribution in [0.3, 0.4) is 0 Å². The third-order valence-electron chi connectivity index (χ3n) is 4.07. The van der Waals surface area contributed by atoms with Crippen molar-refractivity contribution in [2.24, 2.45) is 11.8 Å². The first-order valence-electron chi connectivity index (χ1n) is 7.28. The fraction of sp³-hybridized carbons (Fsp3) is 0.500. The lowest BCUT2D eigenvalue weighted by Gasteiger charge is -2.34. The van der Waals surface area contributed by atoms with Crippen molar-refractivity contribution in [3.05, 3.63) is 35.8 Å². The molecule has 0 radical (unpaired) electrons. The first-order chi connectivity index (χ1) is 9.54. The summed E-state index contributed by atoms with van der Waals surface area (Å²) in [6, 6.07) is 5.93. The summed E-state index contributed by atoms with van der Waals surface area (Å²) in [4.78, 5) is 19.0. The lowest BCUT2D eigenvalue weighted by Crippen LogP contribution is -2.42. The van der Waals surface area contributed by atoms with Crippen molar-refractivity contribution >= 4 is 11.6 Å². The molecule has 2 aromatic heterocycles. The number of likely N-dealkylation sites (tertiary alicyclic amines) is 1. The number of amides is 1. The van der Waals surface area contributed by atoms with Crippen LogP contribution in [0.5, 0.6) is 0 Å². The highest BCUT2D eigenvalue weighted by Crippen LogP contribution is 2.22. The molecule has 4 heteroatoms. The topological polar surface area (TPSA) is 37.6 Å². The number of hydrogen-bond acceptors (Lipinski definition) is 2. The summed E-state index contributed by atoms with van der Waals surface area (Å²) in [5.74, 6) is 1.20. The zero-order valence-corrected chi connectivity index (χ0v) is 12.3. The number of pyridine rings is 1. The van der Waals surface area contributed by atoms with Crippen LogP contribution in [0.4, 0.5) is 0 Å². The number of aromatic nitrogens is 2. The maximum absolute atomic E-state index is 12.6.